The summed E-state index contributed by atoms with van der Waals surface area (Å²) in [5, 5.41) is 6.57. The Morgan fingerprint density at radius 2 is 1.87 bits per heavy atom. The smallest absolute Gasteiger partial charge is 0.238 e. The first-order valence-electron chi connectivity index (χ1n) is 7.40. The quantitative estimate of drug-likeness (QED) is 0.605. The Balaban J connectivity index is 1.75. The van der Waals surface area contributed by atoms with Crippen LogP contribution in [0.5, 0.6) is 0 Å². The van der Waals surface area contributed by atoms with Gasteiger partial charge in [0.1, 0.15) is 0 Å². The summed E-state index contributed by atoms with van der Waals surface area (Å²) in [4.78, 5) is 23.2. The average Bonchev–Trinajstić information content (AvgIpc) is 2.52. The minimum Gasteiger partial charge on any atom is -0.325 e. The zero-order valence-electron chi connectivity index (χ0n) is 12.9. The van der Waals surface area contributed by atoms with Crippen LogP contribution in [0.3, 0.4) is 0 Å². The zero-order chi connectivity index (χ0) is 16.7. The lowest BCUT2D eigenvalue weighted by Gasteiger charge is -2.08. The summed E-state index contributed by atoms with van der Waals surface area (Å²) < 4.78 is 0. The fourth-order valence-electron chi connectivity index (χ4n) is 2.15. The molecule has 23 heavy (non-hydrogen) atoms. The Kier molecular flexibility index (Phi) is 6.32. The average molecular weight is 331 g/mol. The number of nitrogens with one attached hydrogen (secondary N) is 2. The van der Waals surface area contributed by atoms with Crippen molar-refractivity contribution in [2.24, 2.45) is 0 Å². The van der Waals surface area contributed by atoms with Gasteiger partial charge in [-0.2, -0.15) is 0 Å². The minimum absolute atomic E-state index is 0.0271. The SMILES string of the molecule is CC(=O)c1cccc(NC(=O)CNCCc2cccc(Cl)c2)c1. The van der Waals surface area contributed by atoms with Gasteiger partial charge in [0.05, 0.1) is 6.54 Å². The Morgan fingerprint density at radius 3 is 2.61 bits per heavy atom. The van der Waals surface area contributed by atoms with Gasteiger partial charge in [-0.3, -0.25) is 9.59 Å². The van der Waals surface area contributed by atoms with Gasteiger partial charge in [0.2, 0.25) is 5.91 Å². The molecule has 2 aromatic carbocycles. The summed E-state index contributed by atoms with van der Waals surface area (Å²) in [6.45, 7) is 2.39. The van der Waals surface area contributed by atoms with Gasteiger partial charge < -0.3 is 10.6 Å². The first-order chi connectivity index (χ1) is 11.0. The molecule has 0 aliphatic rings. The van der Waals surface area contributed by atoms with Crippen molar-refractivity contribution in [2.75, 3.05) is 18.4 Å². The predicted octanol–water partition coefficient (Wildman–Crippen LogP) is 3.31. The Morgan fingerprint density at radius 1 is 1.09 bits per heavy atom. The highest BCUT2D eigenvalue weighted by molar-refractivity contribution is 6.30. The number of amides is 1. The van der Waals surface area contributed by atoms with E-state index in [4.69, 9.17) is 11.6 Å². The highest BCUT2D eigenvalue weighted by atomic mass is 35.5. The van der Waals surface area contributed by atoms with Crippen LogP contribution in [-0.4, -0.2) is 24.8 Å². The van der Waals surface area contributed by atoms with Crippen LogP contribution >= 0.6 is 11.6 Å². The number of carbonyl (C=O) groups is 2. The fraction of sp³-hybridized carbons (Fsp3) is 0.222. The maximum atomic E-state index is 11.9. The Hall–Kier alpha value is -2.17. The summed E-state index contributed by atoms with van der Waals surface area (Å²) >= 11 is 5.92. The topological polar surface area (TPSA) is 58.2 Å². The lowest BCUT2D eigenvalue weighted by molar-refractivity contribution is -0.115. The van der Waals surface area contributed by atoms with Gasteiger partial charge in [0.15, 0.2) is 5.78 Å². The first kappa shape index (κ1) is 17.2. The molecule has 0 unspecified atom stereocenters. The molecule has 5 heteroatoms. The van der Waals surface area contributed by atoms with Crippen LogP contribution in [0.1, 0.15) is 22.8 Å². The van der Waals surface area contributed by atoms with Crippen molar-refractivity contribution in [3.8, 4) is 0 Å². The third-order valence-corrected chi connectivity index (χ3v) is 3.55. The van der Waals surface area contributed by atoms with E-state index in [0.717, 1.165) is 12.0 Å². The lowest BCUT2D eigenvalue weighted by Crippen LogP contribution is -2.29. The van der Waals surface area contributed by atoms with E-state index < -0.39 is 0 Å². The number of ketones is 1. The van der Waals surface area contributed by atoms with Gasteiger partial charge in [-0.05, 0) is 49.7 Å². The van der Waals surface area contributed by atoms with E-state index in [0.29, 0.717) is 22.8 Å². The van der Waals surface area contributed by atoms with Crippen molar-refractivity contribution in [2.45, 2.75) is 13.3 Å². The van der Waals surface area contributed by atoms with Gasteiger partial charge >= 0.3 is 0 Å². The molecule has 0 aliphatic carbocycles. The van der Waals surface area contributed by atoms with E-state index in [1.165, 1.54) is 6.92 Å². The van der Waals surface area contributed by atoms with Gasteiger partial charge in [0, 0.05) is 16.3 Å². The van der Waals surface area contributed by atoms with Crippen LogP contribution in [-0.2, 0) is 11.2 Å². The van der Waals surface area contributed by atoms with Gasteiger partial charge in [-0.1, -0.05) is 35.9 Å². The van der Waals surface area contributed by atoms with Crippen molar-refractivity contribution < 1.29 is 9.59 Å². The highest BCUT2D eigenvalue weighted by Crippen LogP contribution is 2.11. The number of rotatable bonds is 7. The summed E-state index contributed by atoms with van der Waals surface area (Å²) in [6.07, 6.45) is 0.799. The molecule has 4 nitrogen and oxygen atoms in total. The summed E-state index contributed by atoms with van der Waals surface area (Å²) in [5.41, 5.74) is 2.33. The van der Waals surface area contributed by atoms with E-state index >= 15 is 0 Å². The lowest BCUT2D eigenvalue weighted by atomic mass is 10.1. The van der Waals surface area contributed by atoms with Crippen LogP contribution in [0.25, 0.3) is 0 Å². The minimum atomic E-state index is -0.142. The number of benzene rings is 2. The van der Waals surface area contributed by atoms with E-state index in [1.807, 2.05) is 24.3 Å². The van der Waals surface area contributed by atoms with Gasteiger partial charge in [-0.15, -0.1) is 0 Å². The maximum absolute atomic E-state index is 11.9. The largest absolute Gasteiger partial charge is 0.325 e. The number of Topliss-reactive ketones (excluding diaryl/α,β-unsaturated/α-hetero) is 1. The molecular weight excluding hydrogens is 312 g/mol. The Bertz CT molecular complexity index is 701. The Labute approximate surface area is 140 Å². The molecule has 2 N–H and O–H groups in total. The van der Waals surface area contributed by atoms with E-state index in [2.05, 4.69) is 10.6 Å². The number of hydrogen-bond donors (Lipinski definition) is 2. The second kappa shape index (κ2) is 8.46. The van der Waals surface area contributed by atoms with Gasteiger partial charge in [0.25, 0.3) is 0 Å². The number of anilines is 1. The number of halogens is 1. The summed E-state index contributed by atoms with van der Waals surface area (Å²) in [7, 11) is 0. The second-order valence-electron chi connectivity index (χ2n) is 5.24. The monoisotopic (exact) mass is 330 g/mol. The molecule has 0 aromatic heterocycles. The molecule has 0 heterocycles. The van der Waals surface area contributed by atoms with Crippen molar-refractivity contribution in [1.82, 2.24) is 5.32 Å². The van der Waals surface area contributed by atoms with Crippen LogP contribution in [0.15, 0.2) is 48.5 Å². The third-order valence-electron chi connectivity index (χ3n) is 3.32. The molecule has 0 radical (unpaired) electrons. The number of carbonyl (C=O) groups excluding carboxylic acids is 2. The molecular formula is C18H19ClN2O2. The van der Waals surface area contributed by atoms with E-state index in [9.17, 15) is 9.59 Å². The number of hydrogen-bond acceptors (Lipinski definition) is 3. The van der Waals surface area contributed by atoms with Crippen molar-refractivity contribution >= 4 is 29.0 Å². The fourth-order valence-corrected chi connectivity index (χ4v) is 2.36. The molecule has 0 aliphatic heterocycles. The maximum Gasteiger partial charge on any atom is 0.238 e. The second-order valence-corrected chi connectivity index (χ2v) is 5.68. The molecule has 2 rings (SSSR count). The molecule has 120 valence electrons. The molecule has 0 spiro atoms. The van der Waals surface area contributed by atoms with Crippen molar-refractivity contribution in [1.29, 1.82) is 0 Å². The zero-order valence-corrected chi connectivity index (χ0v) is 13.7. The van der Waals surface area contributed by atoms with Crippen LogP contribution in [0, 0.1) is 0 Å². The third kappa shape index (κ3) is 5.85. The van der Waals surface area contributed by atoms with Crippen LogP contribution < -0.4 is 10.6 Å². The van der Waals surface area contributed by atoms with Crippen LogP contribution in [0.4, 0.5) is 5.69 Å². The molecule has 0 atom stereocenters. The van der Waals surface area contributed by atoms with E-state index in [1.54, 1.807) is 24.3 Å². The molecule has 0 fully saturated rings. The van der Waals surface area contributed by atoms with Gasteiger partial charge in [-0.25, -0.2) is 0 Å². The predicted molar refractivity (Wildman–Crippen MR) is 93.1 cm³/mol. The standard InChI is InChI=1S/C18H19ClN2O2/c1-13(22)15-5-3-7-17(11-15)21-18(23)12-20-9-8-14-4-2-6-16(19)10-14/h2-7,10-11,20H,8-9,12H2,1H3,(H,21,23). The van der Waals surface area contributed by atoms with Crippen molar-refractivity contribution in [3.05, 3.63) is 64.7 Å². The summed E-state index contributed by atoms with van der Waals surface area (Å²) in [5.74, 6) is -0.169. The summed E-state index contributed by atoms with van der Waals surface area (Å²) in [6, 6.07) is 14.6. The molecule has 0 saturated heterocycles. The highest BCUT2D eigenvalue weighted by Gasteiger charge is 2.04. The first-order valence-corrected chi connectivity index (χ1v) is 7.78. The molecule has 1 amide bonds. The molecule has 2 aromatic rings. The van der Waals surface area contributed by atoms with E-state index in [-0.39, 0.29) is 18.2 Å². The van der Waals surface area contributed by atoms with Crippen molar-refractivity contribution in [3.63, 3.8) is 0 Å². The molecule has 0 saturated carbocycles. The normalized spacial score (nSPS) is 10.3. The van der Waals surface area contributed by atoms with Crippen LogP contribution in [0.2, 0.25) is 5.02 Å². The molecule has 0 bridgehead atoms.